The maximum Gasteiger partial charge on any atom is 0.352 e. The minimum atomic E-state index is -1.13. The molecule has 0 atom stereocenters. The predicted octanol–water partition coefficient (Wildman–Crippen LogP) is 1.75. The summed E-state index contributed by atoms with van der Waals surface area (Å²) >= 11 is 3.28. The quantitative estimate of drug-likeness (QED) is 0.937. The van der Waals surface area contributed by atoms with Crippen LogP contribution in [0.15, 0.2) is 45.9 Å². The summed E-state index contributed by atoms with van der Waals surface area (Å²) in [5.74, 6) is -1.13. The average Bonchev–Trinajstić information content (AvgIpc) is 2.31. The molecule has 2 aromatic rings. The van der Waals surface area contributed by atoms with Crippen molar-refractivity contribution in [3.63, 3.8) is 0 Å². The fourth-order valence-electron chi connectivity index (χ4n) is 1.59. The van der Waals surface area contributed by atoms with Gasteiger partial charge in [-0.15, -0.1) is 0 Å². The van der Waals surface area contributed by atoms with E-state index in [9.17, 15) is 9.59 Å². The molecule has 2 aromatic heterocycles. The number of aromatic nitrogens is 2. The smallest absolute Gasteiger partial charge is 0.352 e. The standard InChI is InChI=1S/C12H9BrN2O3/c13-9-4-8(5-14-6-9)7-15-10(12(17)18)2-1-3-11(15)16/h1-6H,7H2,(H,17,18). The van der Waals surface area contributed by atoms with Crippen LogP contribution in [0.2, 0.25) is 0 Å². The van der Waals surface area contributed by atoms with Gasteiger partial charge in [-0.2, -0.15) is 0 Å². The zero-order valence-electron chi connectivity index (χ0n) is 9.21. The molecule has 0 aliphatic carbocycles. The molecule has 0 unspecified atom stereocenters. The van der Waals surface area contributed by atoms with Crippen LogP contribution in [0.25, 0.3) is 0 Å². The van der Waals surface area contributed by atoms with Crippen molar-refractivity contribution in [2.45, 2.75) is 6.54 Å². The van der Waals surface area contributed by atoms with E-state index < -0.39 is 5.97 Å². The Balaban J connectivity index is 2.46. The summed E-state index contributed by atoms with van der Waals surface area (Å²) in [6, 6.07) is 5.95. The van der Waals surface area contributed by atoms with E-state index in [2.05, 4.69) is 20.9 Å². The first kappa shape index (κ1) is 12.5. The number of hydrogen-bond donors (Lipinski definition) is 1. The zero-order valence-corrected chi connectivity index (χ0v) is 10.8. The minimum Gasteiger partial charge on any atom is -0.477 e. The van der Waals surface area contributed by atoms with Crippen LogP contribution in [0.3, 0.4) is 0 Å². The monoisotopic (exact) mass is 308 g/mol. The Kier molecular flexibility index (Phi) is 3.57. The molecule has 0 aromatic carbocycles. The third kappa shape index (κ3) is 2.65. The fourth-order valence-corrected chi connectivity index (χ4v) is 2.01. The maximum atomic E-state index is 11.7. The summed E-state index contributed by atoms with van der Waals surface area (Å²) in [5, 5.41) is 9.04. The van der Waals surface area contributed by atoms with Crippen LogP contribution in [0, 0.1) is 0 Å². The fraction of sp³-hybridized carbons (Fsp3) is 0.0833. The molecule has 92 valence electrons. The molecule has 0 saturated carbocycles. The van der Waals surface area contributed by atoms with E-state index in [0.29, 0.717) is 0 Å². The van der Waals surface area contributed by atoms with Gasteiger partial charge >= 0.3 is 5.97 Å². The van der Waals surface area contributed by atoms with Crippen LogP contribution in [-0.2, 0) is 6.54 Å². The number of carboxylic acids is 1. The number of pyridine rings is 2. The molecule has 2 heterocycles. The van der Waals surface area contributed by atoms with Gasteiger partial charge in [0.2, 0.25) is 0 Å². The maximum absolute atomic E-state index is 11.7. The minimum absolute atomic E-state index is 0.0394. The van der Waals surface area contributed by atoms with Gasteiger partial charge in [0.25, 0.3) is 5.56 Å². The van der Waals surface area contributed by atoms with Gasteiger partial charge in [-0.25, -0.2) is 4.79 Å². The first-order valence-electron chi connectivity index (χ1n) is 5.10. The highest BCUT2D eigenvalue weighted by Gasteiger charge is 2.10. The normalized spacial score (nSPS) is 10.3. The van der Waals surface area contributed by atoms with Gasteiger partial charge in [0.15, 0.2) is 0 Å². The van der Waals surface area contributed by atoms with Gasteiger partial charge in [-0.3, -0.25) is 14.3 Å². The summed E-state index contributed by atoms with van der Waals surface area (Å²) in [7, 11) is 0. The molecule has 1 N–H and O–H groups in total. The zero-order chi connectivity index (χ0) is 13.1. The highest BCUT2D eigenvalue weighted by Crippen LogP contribution is 2.11. The van der Waals surface area contributed by atoms with Crippen molar-refractivity contribution in [2.24, 2.45) is 0 Å². The lowest BCUT2D eigenvalue weighted by atomic mass is 10.2. The Bertz CT molecular complexity index is 652. The molecular formula is C12H9BrN2O3. The summed E-state index contributed by atoms with van der Waals surface area (Å²) < 4.78 is 1.98. The lowest BCUT2D eigenvalue weighted by Gasteiger charge is -2.09. The highest BCUT2D eigenvalue weighted by atomic mass is 79.9. The van der Waals surface area contributed by atoms with E-state index in [4.69, 9.17) is 5.11 Å². The van der Waals surface area contributed by atoms with Gasteiger partial charge < -0.3 is 5.11 Å². The van der Waals surface area contributed by atoms with Gasteiger partial charge in [0.1, 0.15) is 5.69 Å². The van der Waals surface area contributed by atoms with Gasteiger partial charge in [0.05, 0.1) is 6.54 Å². The molecule has 0 aliphatic rings. The molecule has 5 nitrogen and oxygen atoms in total. The van der Waals surface area contributed by atoms with Gasteiger partial charge in [-0.1, -0.05) is 6.07 Å². The number of rotatable bonds is 3. The summed E-state index contributed by atoms with van der Waals surface area (Å²) in [6.07, 6.45) is 3.21. The highest BCUT2D eigenvalue weighted by molar-refractivity contribution is 9.10. The number of halogens is 1. The van der Waals surface area contributed by atoms with Crippen LogP contribution in [0.1, 0.15) is 16.1 Å². The Morgan fingerprint density at radius 3 is 2.83 bits per heavy atom. The molecule has 0 saturated heterocycles. The largest absolute Gasteiger partial charge is 0.477 e. The van der Waals surface area contributed by atoms with Crippen molar-refractivity contribution < 1.29 is 9.90 Å². The lowest BCUT2D eigenvalue weighted by Crippen LogP contribution is -2.25. The molecule has 0 spiro atoms. The molecule has 0 fully saturated rings. The van der Waals surface area contributed by atoms with E-state index >= 15 is 0 Å². The second kappa shape index (κ2) is 5.14. The second-order valence-corrected chi connectivity index (χ2v) is 4.57. The second-order valence-electron chi connectivity index (χ2n) is 3.65. The Hall–Kier alpha value is -1.95. The lowest BCUT2D eigenvalue weighted by molar-refractivity contribution is 0.0684. The van der Waals surface area contributed by atoms with Crippen LogP contribution in [0.4, 0.5) is 0 Å². The SMILES string of the molecule is O=C(O)c1cccc(=O)n1Cc1cncc(Br)c1. The van der Waals surface area contributed by atoms with Crippen molar-refractivity contribution in [1.29, 1.82) is 0 Å². The van der Waals surface area contributed by atoms with E-state index in [-0.39, 0.29) is 17.8 Å². The molecule has 0 aliphatic heterocycles. The molecule has 2 rings (SSSR count). The first-order valence-corrected chi connectivity index (χ1v) is 5.90. The molecule has 18 heavy (non-hydrogen) atoms. The van der Waals surface area contributed by atoms with E-state index in [1.165, 1.54) is 22.8 Å². The average molecular weight is 309 g/mol. The van der Waals surface area contributed by atoms with E-state index in [1.807, 2.05) is 0 Å². The summed E-state index contributed by atoms with van der Waals surface area (Å²) in [5.41, 5.74) is 0.359. The van der Waals surface area contributed by atoms with Gasteiger partial charge in [-0.05, 0) is 33.6 Å². The molecule has 0 bridgehead atoms. The first-order chi connectivity index (χ1) is 8.58. The van der Waals surface area contributed by atoms with Crippen molar-refractivity contribution >= 4 is 21.9 Å². The molecule has 0 amide bonds. The van der Waals surface area contributed by atoms with Crippen molar-refractivity contribution in [3.05, 3.63) is 62.7 Å². The Morgan fingerprint density at radius 2 is 2.17 bits per heavy atom. The number of carboxylic acid groups (broad SMARTS) is 1. The Labute approximate surface area is 111 Å². The van der Waals surface area contributed by atoms with Crippen LogP contribution < -0.4 is 5.56 Å². The number of hydrogen-bond acceptors (Lipinski definition) is 3. The summed E-state index contributed by atoms with van der Waals surface area (Å²) in [4.78, 5) is 26.7. The topological polar surface area (TPSA) is 72.2 Å². The van der Waals surface area contributed by atoms with Gasteiger partial charge in [0, 0.05) is 22.9 Å². The van der Waals surface area contributed by atoms with E-state index in [1.54, 1.807) is 18.5 Å². The Morgan fingerprint density at radius 1 is 1.39 bits per heavy atom. The molecular weight excluding hydrogens is 300 g/mol. The molecule has 0 radical (unpaired) electrons. The van der Waals surface area contributed by atoms with Crippen LogP contribution >= 0.6 is 15.9 Å². The molecule has 6 heteroatoms. The van der Waals surface area contributed by atoms with Crippen LogP contribution in [0.5, 0.6) is 0 Å². The third-order valence-corrected chi connectivity index (χ3v) is 2.80. The number of carbonyl (C=O) groups is 1. The van der Waals surface area contributed by atoms with Crippen molar-refractivity contribution in [2.75, 3.05) is 0 Å². The van der Waals surface area contributed by atoms with Crippen molar-refractivity contribution in [1.82, 2.24) is 9.55 Å². The summed E-state index contributed by atoms with van der Waals surface area (Å²) in [6.45, 7) is 0.174. The third-order valence-electron chi connectivity index (χ3n) is 2.37. The van der Waals surface area contributed by atoms with Crippen LogP contribution in [-0.4, -0.2) is 20.6 Å². The van der Waals surface area contributed by atoms with Crippen molar-refractivity contribution in [3.8, 4) is 0 Å². The number of aromatic carboxylic acids is 1. The number of nitrogens with zero attached hydrogens (tertiary/aromatic N) is 2. The predicted molar refractivity (Wildman–Crippen MR) is 68.7 cm³/mol. The van der Waals surface area contributed by atoms with E-state index in [0.717, 1.165) is 10.0 Å².